The Bertz CT molecular complexity index is 1080. The number of aromatic nitrogens is 1. The maximum atomic E-state index is 13.1. The maximum absolute atomic E-state index is 13.1. The molecule has 1 aromatic heterocycles. The standard InChI is InChI=1S/C24H28N2O3/c1-16-6-11-21-18(12-16)14-19(23(28)25-21)15-26(24(2,3)4)22(27)13-17-7-9-20(29-5)10-8-17/h6-12,14H,13,15H2,1-5H3,(H,25,28). The van der Waals surface area contributed by atoms with Crippen molar-refractivity contribution in [3.8, 4) is 5.75 Å². The number of methoxy groups -OCH3 is 1. The van der Waals surface area contributed by atoms with Crippen LogP contribution in [0.5, 0.6) is 5.75 Å². The smallest absolute Gasteiger partial charge is 0.253 e. The average Bonchev–Trinajstić information content (AvgIpc) is 2.66. The third-order valence-electron chi connectivity index (χ3n) is 5.03. The largest absolute Gasteiger partial charge is 0.497 e. The third-order valence-corrected chi connectivity index (χ3v) is 5.03. The number of fused-ring (bicyclic) bond motifs is 1. The molecule has 2 aromatic carbocycles. The maximum Gasteiger partial charge on any atom is 0.253 e. The number of hydrogen-bond acceptors (Lipinski definition) is 3. The van der Waals surface area contributed by atoms with Gasteiger partial charge in [-0.25, -0.2) is 0 Å². The summed E-state index contributed by atoms with van der Waals surface area (Å²) in [4.78, 5) is 30.5. The number of ether oxygens (including phenoxy) is 1. The summed E-state index contributed by atoms with van der Waals surface area (Å²) >= 11 is 0. The Kier molecular flexibility index (Phi) is 5.78. The highest BCUT2D eigenvalue weighted by atomic mass is 16.5. The number of H-pyrrole nitrogens is 1. The van der Waals surface area contributed by atoms with Gasteiger partial charge < -0.3 is 14.6 Å². The normalized spacial score (nSPS) is 11.5. The van der Waals surface area contributed by atoms with Gasteiger partial charge in [0.1, 0.15) is 5.75 Å². The van der Waals surface area contributed by atoms with Gasteiger partial charge in [-0.1, -0.05) is 23.8 Å². The number of amides is 1. The van der Waals surface area contributed by atoms with Crippen molar-refractivity contribution < 1.29 is 9.53 Å². The molecule has 0 fully saturated rings. The van der Waals surface area contributed by atoms with Crippen molar-refractivity contribution in [2.45, 2.75) is 46.2 Å². The second kappa shape index (κ2) is 8.11. The quantitative estimate of drug-likeness (QED) is 0.707. The molecule has 1 amide bonds. The van der Waals surface area contributed by atoms with Gasteiger partial charge in [-0.15, -0.1) is 0 Å². The lowest BCUT2D eigenvalue weighted by Crippen LogP contribution is -2.46. The highest BCUT2D eigenvalue weighted by molar-refractivity contribution is 5.81. The van der Waals surface area contributed by atoms with Gasteiger partial charge in [0.2, 0.25) is 5.91 Å². The minimum Gasteiger partial charge on any atom is -0.497 e. The number of rotatable bonds is 5. The predicted octanol–water partition coefficient (Wildman–Crippen LogP) is 4.21. The molecule has 152 valence electrons. The number of carbonyl (C=O) groups excluding carboxylic acids is 1. The van der Waals surface area contributed by atoms with Crippen molar-refractivity contribution in [3.63, 3.8) is 0 Å². The van der Waals surface area contributed by atoms with E-state index < -0.39 is 5.54 Å². The summed E-state index contributed by atoms with van der Waals surface area (Å²) in [5, 5.41) is 0.969. The molecule has 3 rings (SSSR count). The van der Waals surface area contributed by atoms with Crippen LogP contribution in [0.25, 0.3) is 10.9 Å². The van der Waals surface area contributed by atoms with Crippen LogP contribution in [-0.2, 0) is 17.8 Å². The summed E-state index contributed by atoms with van der Waals surface area (Å²) in [6, 6.07) is 15.3. The highest BCUT2D eigenvalue weighted by Gasteiger charge is 2.27. The summed E-state index contributed by atoms with van der Waals surface area (Å²) in [6.07, 6.45) is 0.270. The number of nitrogens with zero attached hydrogens (tertiary/aromatic N) is 1. The fourth-order valence-corrected chi connectivity index (χ4v) is 3.37. The van der Waals surface area contributed by atoms with Gasteiger partial charge in [0.05, 0.1) is 20.1 Å². The van der Waals surface area contributed by atoms with Gasteiger partial charge in [-0.3, -0.25) is 9.59 Å². The number of pyridine rings is 1. The van der Waals surface area contributed by atoms with Gasteiger partial charge in [0.15, 0.2) is 0 Å². The zero-order valence-corrected chi connectivity index (χ0v) is 17.7. The van der Waals surface area contributed by atoms with Gasteiger partial charge in [0.25, 0.3) is 5.56 Å². The molecule has 29 heavy (non-hydrogen) atoms. The minimum absolute atomic E-state index is 0.0218. The molecule has 0 unspecified atom stereocenters. The van der Waals surface area contributed by atoms with Crippen LogP contribution >= 0.6 is 0 Å². The summed E-state index contributed by atoms with van der Waals surface area (Å²) in [5.41, 5.74) is 2.84. The Morgan fingerprint density at radius 2 is 1.76 bits per heavy atom. The number of aryl methyl sites for hydroxylation is 1. The fraction of sp³-hybridized carbons (Fsp3) is 0.333. The topological polar surface area (TPSA) is 62.4 Å². The van der Waals surface area contributed by atoms with Crippen molar-refractivity contribution in [2.75, 3.05) is 7.11 Å². The number of carbonyl (C=O) groups is 1. The lowest BCUT2D eigenvalue weighted by atomic mass is 10.0. The highest BCUT2D eigenvalue weighted by Crippen LogP contribution is 2.21. The molecular weight excluding hydrogens is 364 g/mol. The SMILES string of the molecule is COc1ccc(CC(=O)N(Cc2cc3cc(C)ccc3[nH]c2=O)C(C)(C)C)cc1. The van der Waals surface area contributed by atoms with E-state index in [0.717, 1.165) is 27.8 Å². The number of hydrogen-bond donors (Lipinski definition) is 1. The average molecular weight is 392 g/mol. The van der Waals surface area contributed by atoms with Crippen LogP contribution in [0, 0.1) is 6.92 Å². The Labute approximate surface area is 171 Å². The first kappa shape index (κ1) is 20.6. The molecule has 3 aromatic rings. The van der Waals surface area contributed by atoms with E-state index in [1.165, 1.54) is 0 Å². The van der Waals surface area contributed by atoms with E-state index >= 15 is 0 Å². The summed E-state index contributed by atoms with van der Waals surface area (Å²) in [6.45, 7) is 8.23. The molecule has 0 bridgehead atoms. The number of aromatic amines is 1. The van der Waals surface area contributed by atoms with Crippen LogP contribution in [0.3, 0.4) is 0 Å². The summed E-state index contributed by atoms with van der Waals surface area (Å²) in [7, 11) is 1.62. The van der Waals surface area contributed by atoms with Crippen molar-refractivity contribution in [3.05, 3.63) is 75.6 Å². The molecule has 5 heteroatoms. The first-order valence-corrected chi connectivity index (χ1v) is 9.73. The lowest BCUT2D eigenvalue weighted by Gasteiger charge is -2.36. The van der Waals surface area contributed by atoms with E-state index in [0.29, 0.717) is 5.56 Å². The molecular formula is C24H28N2O3. The Hall–Kier alpha value is -3.08. The zero-order valence-electron chi connectivity index (χ0n) is 17.7. The first-order valence-electron chi connectivity index (χ1n) is 9.73. The predicted molar refractivity (Wildman–Crippen MR) is 116 cm³/mol. The molecule has 0 saturated carbocycles. The fourth-order valence-electron chi connectivity index (χ4n) is 3.37. The number of nitrogens with one attached hydrogen (secondary N) is 1. The van der Waals surface area contributed by atoms with E-state index in [4.69, 9.17) is 4.74 Å². The zero-order chi connectivity index (χ0) is 21.2. The number of benzene rings is 2. The lowest BCUT2D eigenvalue weighted by molar-refractivity contribution is -0.136. The van der Waals surface area contributed by atoms with Crippen molar-refractivity contribution in [1.82, 2.24) is 9.88 Å². The second-order valence-corrected chi connectivity index (χ2v) is 8.39. The van der Waals surface area contributed by atoms with E-state index in [2.05, 4.69) is 4.98 Å². The Balaban J connectivity index is 1.89. The van der Waals surface area contributed by atoms with Gasteiger partial charge >= 0.3 is 0 Å². The monoisotopic (exact) mass is 392 g/mol. The summed E-state index contributed by atoms with van der Waals surface area (Å²) < 4.78 is 5.18. The van der Waals surface area contributed by atoms with Gasteiger partial charge in [-0.05, 0) is 69.0 Å². The Morgan fingerprint density at radius 3 is 2.38 bits per heavy atom. The molecule has 5 nitrogen and oxygen atoms in total. The van der Waals surface area contributed by atoms with Crippen LogP contribution in [-0.4, -0.2) is 28.4 Å². The first-order chi connectivity index (χ1) is 13.7. The second-order valence-electron chi connectivity index (χ2n) is 8.39. The van der Waals surface area contributed by atoms with Gasteiger partial charge in [0, 0.05) is 16.6 Å². The molecule has 0 saturated heterocycles. The van der Waals surface area contributed by atoms with Crippen molar-refractivity contribution >= 4 is 16.8 Å². The molecule has 0 atom stereocenters. The summed E-state index contributed by atoms with van der Waals surface area (Å²) in [5.74, 6) is 0.735. The molecule has 1 heterocycles. The van der Waals surface area contributed by atoms with Crippen molar-refractivity contribution in [2.24, 2.45) is 0 Å². The molecule has 0 aliphatic carbocycles. The van der Waals surface area contributed by atoms with Crippen LogP contribution in [0.1, 0.15) is 37.5 Å². The van der Waals surface area contributed by atoms with Crippen LogP contribution in [0.15, 0.2) is 53.3 Å². The van der Waals surface area contributed by atoms with E-state index in [1.54, 1.807) is 12.0 Å². The third kappa shape index (κ3) is 4.86. The Morgan fingerprint density at radius 1 is 1.07 bits per heavy atom. The molecule has 0 aliphatic rings. The molecule has 1 N–H and O–H groups in total. The molecule has 0 spiro atoms. The van der Waals surface area contributed by atoms with E-state index in [9.17, 15) is 9.59 Å². The van der Waals surface area contributed by atoms with Gasteiger partial charge in [-0.2, -0.15) is 0 Å². The molecule has 0 aliphatic heterocycles. The van der Waals surface area contributed by atoms with Crippen LogP contribution in [0.4, 0.5) is 0 Å². The van der Waals surface area contributed by atoms with Crippen LogP contribution in [0.2, 0.25) is 0 Å². The minimum atomic E-state index is -0.419. The van der Waals surface area contributed by atoms with E-state index in [1.807, 2.05) is 76.2 Å². The van der Waals surface area contributed by atoms with E-state index in [-0.39, 0.29) is 24.4 Å². The molecule has 0 radical (unpaired) electrons. The van der Waals surface area contributed by atoms with Crippen LogP contribution < -0.4 is 10.3 Å². The van der Waals surface area contributed by atoms with Crippen molar-refractivity contribution in [1.29, 1.82) is 0 Å².